The summed E-state index contributed by atoms with van der Waals surface area (Å²) < 4.78 is 12.8. The van der Waals surface area contributed by atoms with Crippen molar-refractivity contribution in [3.05, 3.63) is 77.0 Å². The number of benzene rings is 1. The molecule has 0 saturated carbocycles. The largest absolute Gasteiger partial charge is 0.496 e. The van der Waals surface area contributed by atoms with Gasteiger partial charge in [-0.25, -0.2) is 4.79 Å². The van der Waals surface area contributed by atoms with E-state index in [-0.39, 0.29) is 18.7 Å². The molecule has 2 aromatic heterocycles. The van der Waals surface area contributed by atoms with Gasteiger partial charge in [0.1, 0.15) is 17.0 Å². The van der Waals surface area contributed by atoms with Crippen molar-refractivity contribution in [1.82, 2.24) is 14.8 Å². The molecule has 4 rings (SSSR count). The third-order valence-electron chi connectivity index (χ3n) is 6.15. The van der Waals surface area contributed by atoms with E-state index in [9.17, 15) is 14.4 Å². The summed E-state index contributed by atoms with van der Waals surface area (Å²) in [4.78, 5) is 40.0. The van der Waals surface area contributed by atoms with Crippen LogP contribution in [0.5, 0.6) is 5.75 Å². The van der Waals surface area contributed by atoms with E-state index in [2.05, 4.69) is 5.32 Å². The van der Waals surface area contributed by atoms with Gasteiger partial charge in [0.25, 0.3) is 5.91 Å². The lowest BCUT2D eigenvalue weighted by Gasteiger charge is -2.22. The highest BCUT2D eigenvalue weighted by Gasteiger charge is 2.48. The average Bonchev–Trinajstić information content (AvgIpc) is 3.45. The molecule has 0 bridgehead atoms. The molecule has 1 aliphatic rings. The van der Waals surface area contributed by atoms with Gasteiger partial charge in [0, 0.05) is 23.4 Å². The normalized spacial score (nSPS) is 18.0. The first-order chi connectivity index (χ1) is 15.7. The van der Waals surface area contributed by atoms with Crippen molar-refractivity contribution in [2.75, 3.05) is 13.7 Å². The van der Waals surface area contributed by atoms with Gasteiger partial charge in [-0.2, -0.15) is 0 Å². The number of methoxy groups -OCH3 is 1. The summed E-state index contributed by atoms with van der Waals surface area (Å²) in [6.45, 7) is 5.60. The fraction of sp³-hybridized carbons (Fsp3) is 0.320. The number of amides is 3. The van der Waals surface area contributed by atoms with Crippen molar-refractivity contribution in [3.8, 4) is 5.75 Å². The molecule has 1 atom stereocenters. The molecule has 1 fully saturated rings. The van der Waals surface area contributed by atoms with E-state index < -0.39 is 17.5 Å². The number of aryl methyl sites for hydroxylation is 1. The Morgan fingerprint density at radius 2 is 1.91 bits per heavy atom. The van der Waals surface area contributed by atoms with Crippen LogP contribution in [0.4, 0.5) is 4.79 Å². The van der Waals surface area contributed by atoms with E-state index in [0.29, 0.717) is 17.9 Å². The average molecular weight is 450 g/mol. The van der Waals surface area contributed by atoms with Gasteiger partial charge < -0.3 is 19.0 Å². The number of furan rings is 1. The van der Waals surface area contributed by atoms with Gasteiger partial charge in [-0.3, -0.25) is 14.5 Å². The summed E-state index contributed by atoms with van der Waals surface area (Å²) in [7, 11) is 1.56. The first kappa shape index (κ1) is 22.4. The maximum atomic E-state index is 13.2. The van der Waals surface area contributed by atoms with Crippen LogP contribution in [0.15, 0.2) is 53.1 Å². The van der Waals surface area contributed by atoms with Crippen LogP contribution in [0.1, 0.15) is 40.0 Å². The van der Waals surface area contributed by atoms with Crippen LogP contribution in [0.2, 0.25) is 0 Å². The first-order valence-corrected chi connectivity index (χ1v) is 10.7. The number of ether oxygens (including phenoxy) is 1. The highest BCUT2D eigenvalue weighted by molar-refractivity contribution is 6.11. The fourth-order valence-corrected chi connectivity index (χ4v) is 4.35. The Labute approximate surface area is 192 Å². The Morgan fingerprint density at radius 3 is 2.61 bits per heavy atom. The molecule has 1 aliphatic heterocycles. The van der Waals surface area contributed by atoms with Gasteiger partial charge in [-0.05, 0) is 50.6 Å². The predicted octanol–water partition coefficient (Wildman–Crippen LogP) is 3.49. The van der Waals surface area contributed by atoms with Gasteiger partial charge in [-0.1, -0.05) is 18.2 Å². The molecule has 3 heterocycles. The number of imide groups is 1. The zero-order valence-corrected chi connectivity index (χ0v) is 19.2. The molecule has 172 valence electrons. The smallest absolute Gasteiger partial charge is 0.325 e. The SMILES string of the molecule is COc1ccccc1CC1(C)NC(=O)N(CC(=O)c2cc(C)n(Cc3ccco3)c2C)C1=O. The van der Waals surface area contributed by atoms with Crippen LogP contribution >= 0.6 is 0 Å². The van der Waals surface area contributed by atoms with Crippen LogP contribution < -0.4 is 10.1 Å². The van der Waals surface area contributed by atoms with E-state index in [0.717, 1.165) is 27.6 Å². The molecule has 8 nitrogen and oxygen atoms in total. The Kier molecular flexibility index (Phi) is 5.84. The number of hydrogen-bond acceptors (Lipinski definition) is 5. The number of carbonyl (C=O) groups excluding carboxylic acids is 3. The molecule has 0 spiro atoms. The van der Waals surface area contributed by atoms with Crippen molar-refractivity contribution in [2.24, 2.45) is 0 Å². The summed E-state index contributed by atoms with van der Waals surface area (Å²) in [6.07, 6.45) is 1.86. The van der Waals surface area contributed by atoms with E-state index in [1.54, 1.807) is 32.4 Å². The fourth-order valence-electron chi connectivity index (χ4n) is 4.35. The third-order valence-corrected chi connectivity index (χ3v) is 6.15. The monoisotopic (exact) mass is 449 g/mol. The summed E-state index contributed by atoms with van der Waals surface area (Å²) in [5, 5.41) is 2.76. The van der Waals surface area contributed by atoms with Gasteiger partial charge in [-0.15, -0.1) is 0 Å². The van der Waals surface area contributed by atoms with E-state index >= 15 is 0 Å². The summed E-state index contributed by atoms with van der Waals surface area (Å²) in [5.74, 6) is 0.686. The van der Waals surface area contributed by atoms with Crippen LogP contribution in [-0.4, -0.2) is 46.4 Å². The second kappa shape index (κ2) is 8.61. The molecular weight excluding hydrogens is 422 g/mol. The number of para-hydroxylation sites is 1. The zero-order valence-electron chi connectivity index (χ0n) is 19.2. The predicted molar refractivity (Wildman–Crippen MR) is 121 cm³/mol. The van der Waals surface area contributed by atoms with Gasteiger partial charge in [0.2, 0.25) is 0 Å². The standard InChI is InChI=1S/C25H27N3O5/c1-16-12-20(17(2)27(16)14-19-9-7-11-33-19)21(29)15-28-23(30)25(3,26-24(28)31)13-18-8-5-6-10-22(18)32-4/h5-12H,13-15H2,1-4H3,(H,26,31). The number of rotatable bonds is 8. The molecule has 8 heteroatoms. The number of ketones is 1. The minimum atomic E-state index is -1.16. The highest BCUT2D eigenvalue weighted by Crippen LogP contribution is 2.28. The molecule has 1 unspecified atom stereocenters. The Hall–Kier alpha value is -3.81. The highest BCUT2D eigenvalue weighted by atomic mass is 16.5. The lowest BCUT2D eigenvalue weighted by atomic mass is 9.92. The van der Waals surface area contributed by atoms with Crippen molar-refractivity contribution in [3.63, 3.8) is 0 Å². The summed E-state index contributed by atoms with van der Waals surface area (Å²) in [6, 6.07) is 12.2. The lowest BCUT2D eigenvalue weighted by molar-refractivity contribution is -0.130. The number of Topliss-reactive ketones (excluding diaryl/α,β-unsaturated/α-hetero) is 1. The molecule has 0 aliphatic carbocycles. The summed E-state index contributed by atoms with van der Waals surface area (Å²) >= 11 is 0. The minimum absolute atomic E-state index is 0.254. The van der Waals surface area contributed by atoms with E-state index in [1.807, 2.05) is 48.7 Å². The molecule has 0 radical (unpaired) electrons. The van der Waals surface area contributed by atoms with Gasteiger partial charge in [0.15, 0.2) is 5.78 Å². The number of nitrogens with zero attached hydrogens (tertiary/aromatic N) is 2. The lowest BCUT2D eigenvalue weighted by Crippen LogP contribution is -2.46. The van der Waals surface area contributed by atoms with Gasteiger partial charge >= 0.3 is 6.03 Å². The van der Waals surface area contributed by atoms with Crippen LogP contribution in [0.25, 0.3) is 0 Å². The number of aromatic nitrogens is 1. The minimum Gasteiger partial charge on any atom is -0.496 e. The van der Waals surface area contributed by atoms with E-state index in [1.165, 1.54) is 0 Å². The number of hydrogen-bond donors (Lipinski definition) is 1. The van der Waals surface area contributed by atoms with Gasteiger partial charge in [0.05, 0.1) is 26.5 Å². The topological polar surface area (TPSA) is 93.8 Å². The molecule has 3 aromatic rings. The second-order valence-corrected chi connectivity index (χ2v) is 8.52. The van der Waals surface area contributed by atoms with Crippen molar-refractivity contribution in [2.45, 2.75) is 39.3 Å². The Balaban J connectivity index is 1.52. The molecule has 1 N–H and O–H groups in total. The number of nitrogens with one attached hydrogen (secondary N) is 1. The number of urea groups is 1. The Morgan fingerprint density at radius 1 is 1.15 bits per heavy atom. The Bertz CT molecular complexity index is 1210. The maximum absolute atomic E-state index is 13.2. The third kappa shape index (κ3) is 4.16. The molecule has 1 saturated heterocycles. The quantitative estimate of drug-likeness (QED) is 0.420. The van der Waals surface area contributed by atoms with Crippen molar-refractivity contribution >= 4 is 17.7 Å². The van der Waals surface area contributed by atoms with Crippen LogP contribution in [0.3, 0.4) is 0 Å². The van der Waals surface area contributed by atoms with Crippen LogP contribution in [0, 0.1) is 13.8 Å². The van der Waals surface area contributed by atoms with Crippen LogP contribution in [-0.2, 0) is 17.8 Å². The molecule has 33 heavy (non-hydrogen) atoms. The molecule has 3 amide bonds. The van der Waals surface area contributed by atoms with Crippen molar-refractivity contribution in [1.29, 1.82) is 0 Å². The first-order valence-electron chi connectivity index (χ1n) is 10.7. The molecular formula is C25H27N3O5. The zero-order chi connectivity index (χ0) is 23.8. The van der Waals surface area contributed by atoms with E-state index in [4.69, 9.17) is 9.15 Å². The summed E-state index contributed by atoms with van der Waals surface area (Å²) in [5.41, 5.74) is 1.77. The molecule has 1 aromatic carbocycles. The maximum Gasteiger partial charge on any atom is 0.325 e. The van der Waals surface area contributed by atoms with Crippen molar-refractivity contribution < 1.29 is 23.5 Å². The number of carbonyl (C=O) groups is 3. The second-order valence-electron chi connectivity index (χ2n) is 8.52.